The quantitative estimate of drug-likeness (QED) is 0.517. The van der Waals surface area contributed by atoms with Crippen LogP contribution in [0, 0.1) is 18.8 Å². The van der Waals surface area contributed by atoms with E-state index < -0.39 is 0 Å². The molecule has 0 bridgehead atoms. The standard InChI is InChI=1S/C25H30N4O4S2/c1-5-18(30)22-15(3)13-29(9-8-26-22)24(32)17-11-20(14(2)10-19(17)33-4)34-21-12-27-25(35-21)28-23(31)16-6-7-16/h5,10-12,15-16,22,26H,1,6-9,13H2,2-4H3,(H,27,28,31)/t15-,22?/m0/s1. The Kier molecular flexibility index (Phi) is 7.93. The molecule has 2 fully saturated rings. The Morgan fingerprint density at radius 3 is 2.80 bits per heavy atom. The zero-order valence-corrected chi connectivity index (χ0v) is 21.8. The number of anilines is 1. The number of carbonyl (C=O) groups is 3. The molecule has 2 amide bonds. The van der Waals surface area contributed by atoms with E-state index in [4.69, 9.17) is 4.74 Å². The molecule has 10 heteroatoms. The fourth-order valence-corrected chi connectivity index (χ4v) is 6.04. The molecule has 2 aromatic rings. The minimum absolute atomic E-state index is 0.0302. The molecule has 1 saturated carbocycles. The number of thiazole rings is 1. The van der Waals surface area contributed by atoms with Crippen LogP contribution in [0.15, 0.2) is 40.1 Å². The summed E-state index contributed by atoms with van der Waals surface area (Å²) in [5, 5.41) is 6.71. The number of methoxy groups -OCH3 is 1. The summed E-state index contributed by atoms with van der Waals surface area (Å²) in [5.41, 5.74) is 1.45. The van der Waals surface area contributed by atoms with Gasteiger partial charge < -0.3 is 20.3 Å². The molecule has 2 atom stereocenters. The van der Waals surface area contributed by atoms with Crippen molar-refractivity contribution in [3.8, 4) is 5.75 Å². The van der Waals surface area contributed by atoms with Crippen LogP contribution in [0.5, 0.6) is 5.75 Å². The molecule has 1 aromatic carbocycles. The molecule has 35 heavy (non-hydrogen) atoms. The number of ketones is 1. The van der Waals surface area contributed by atoms with E-state index in [-0.39, 0.29) is 35.5 Å². The molecule has 0 radical (unpaired) electrons. The van der Waals surface area contributed by atoms with E-state index in [2.05, 4.69) is 22.2 Å². The SMILES string of the molecule is C=CC(=O)C1NCCN(C(=O)c2cc(Sc3cnc(NC(=O)C4CC4)s3)c(C)cc2OC)C[C@@H]1C. The summed E-state index contributed by atoms with van der Waals surface area (Å²) in [7, 11) is 1.56. The number of ether oxygens (including phenoxy) is 1. The van der Waals surface area contributed by atoms with E-state index in [1.807, 2.05) is 26.0 Å². The Bertz CT molecular complexity index is 1140. The third kappa shape index (κ3) is 5.94. The van der Waals surface area contributed by atoms with Crippen LogP contribution in [-0.4, -0.2) is 60.3 Å². The Labute approximate surface area is 213 Å². The molecule has 8 nitrogen and oxygen atoms in total. The van der Waals surface area contributed by atoms with Gasteiger partial charge in [0.15, 0.2) is 10.9 Å². The summed E-state index contributed by atoms with van der Waals surface area (Å²) >= 11 is 2.92. The van der Waals surface area contributed by atoms with Gasteiger partial charge in [-0.15, -0.1) is 0 Å². The van der Waals surface area contributed by atoms with E-state index in [1.54, 1.807) is 18.2 Å². The van der Waals surface area contributed by atoms with Gasteiger partial charge >= 0.3 is 0 Å². The largest absolute Gasteiger partial charge is 0.496 e. The molecule has 1 unspecified atom stereocenters. The van der Waals surface area contributed by atoms with Crippen LogP contribution in [-0.2, 0) is 9.59 Å². The lowest BCUT2D eigenvalue weighted by molar-refractivity contribution is -0.118. The second kappa shape index (κ2) is 10.9. The molecular weight excluding hydrogens is 484 g/mol. The van der Waals surface area contributed by atoms with Crippen molar-refractivity contribution >= 4 is 45.8 Å². The van der Waals surface area contributed by atoms with Gasteiger partial charge in [0, 0.05) is 30.4 Å². The second-order valence-electron chi connectivity index (χ2n) is 8.93. The highest BCUT2D eigenvalue weighted by molar-refractivity contribution is 8.01. The fourth-order valence-electron chi connectivity index (χ4n) is 4.10. The van der Waals surface area contributed by atoms with Gasteiger partial charge in [-0.05, 0) is 49.5 Å². The van der Waals surface area contributed by atoms with Crippen molar-refractivity contribution in [2.75, 3.05) is 32.1 Å². The summed E-state index contributed by atoms with van der Waals surface area (Å²) in [5.74, 6) is 0.416. The van der Waals surface area contributed by atoms with Crippen molar-refractivity contribution in [1.29, 1.82) is 0 Å². The van der Waals surface area contributed by atoms with Gasteiger partial charge in [0.2, 0.25) is 5.91 Å². The van der Waals surface area contributed by atoms with E-state index in [1.165, 1.54) is 29.2 Å². The van der Waals surface area contributed by atoms with Gasteiger partial charge in [-0.25, -0.2) is 4.98 Å². The van der Waals surface area contributed by atoms with Crippen LogP contribution >= 0.6 is 23.1 Å². The van der Waals surface area contributed by atoms with Gasteiger partial charge in [-0.3, -0.25) is 14.4 Å². The lowest BCUT2D eigenvalue weighted by Crippen LogP contribution is -2.41. The third-order valence-electron chi connectivity index (χ3n) is 6.22. The Morgan fingerprint density at radius 2 is 2.11 bits per heavy atom. The molecule has 2 N–H and O–H groups in total. The molecule has 0 spiro atoms. The molecule has 1 aliphatic carbocycles. The zero-order valence-electron chi connectivity index (χ0n) is 20.1. The van der Waals surface area contributed by atoms with Gasteiger partial charge in [-0.1, -0.05) is 36.6 Å². The average Bonchev–Trinajstić information content (AvgIpc) is 3.64. The number of hydrogen-bond donors (Lipinski definition) is 2. The maximum absolute atomic E-state index is 13.6. The van der Waals surface area contributed by atoms with Crippen LogP contribution in [0.25, 0.3) is 0 Å². The molecule has 4 rings (SSSR count). The average molecular weight is 515 g/mol. The maximum Gasteiger partial charge on any atom is 0.257 e. The monoisotopic (exact) mass is 514 g/mol. The minimum atomic E-state index is -0.350. The van der Waals surface area contributed by atoms with Gasteiger partial charge in [0.25, 0.3) is 5.91 Å². The molecule has 1 saturated heterocycles. The number of nitrogens with one attached hydrogen (secondary N) is 2. The van der Waals surface area contributed by atoms with Gasteiger partial charge in [-0.2, -0.15) is 0 Å². The predicted molar refractivity (Wildman–Crippen MR) is 137 cm³/mol. The molecule has 2 aliphatic rings. The van der Waals surface area contributed by atoms with Crippen molar-refractivity contribution in [3.05, 3.63) is 42.1 Å². The van der Waals surface area contributed by atoms with Crippen molar-refractivity contribution in [1.82, 2.24) is 15.2 Å². The fraction of sp³-hybridized carbons (Fsp3) is 0.440. The smallest absolute Gasteiger partial charge is 0.257 e. The normalized spacial score (nSPS) is 20.1. The Hall–Kier alpha value is -2.69. The number of amides is 2. The number of aryl methyl sites for hydroxylation is 1. The van der Waals surface area contributed by atoms with Crippen LogP contribution in [0.1, 0.15) is 35.7 Å². The first-order valence-corrected chi connectivity index (χ1v) is 13.3. The lowest BCUT2D eigenvalue weighted by Gasteiger charge is -2.25. The van der Waals surface area contributed by atoms with Crippen LogP contribution in [0.2, 0.25) is 0 Å². The van der Waals surface area contributed by atoms with Crippen molar-refractivity contribution in [3.63, 3.8) is 0 Å². The lowest BCUT2D eigenvalue weighted by atomic mass is 9.97. The maximum atomic E-state index is 13.6. The van der Waals surface area contributed by atoms with Crippen molar-refractivity contribution < 1.29 is 19.1 Å². The zero-order chi connectivity index (χ0) is 25.1. The predicted octanol–water partition coefficient (Wildman–Crippen LogP) is 3.77. The number of aromatic nitrogens is 1. The summed E-state index contributed by atoms with van der Waals surface area (Å²) in [6, 6.07) is 3.38. The van der Waals surface area contributed by atoms with Crippen LogP contribution in [0.4, 0.5) is 5.13 Å². The third-order valence-corrected chi connectivity index (χ3v) is 8.39. The van der Waals surface area contributed by atoms with E-state index >= 15 is 0 Å². The van der Waals surface area contributed by atoms with E-state index in [0.29, 0.717) is 36.1 Å². The summed E-state index contributed by atoms with van der Waals surface area (Å²) < 4.78 is 6.48. The Morgan fingerprint density at radius 1 is 1.34 bits per heavy atom. The highest BCUT2D eigenvalue weighted by Gasteiger charge is 2.32. The first kappa shape index (κ1) is 25.4. The highest BCUT2D eigenvalue weighted by Crippen LogP contribution is 2.39. The topological polar surface area (TPSA) is 101 Å². The summed E-state index contributed by atoms with van der Waals surface area (Å²) in [4.78, 5) is 44.8. The second-order valence-corrected chi connectivity index (χ2v) is 11.3. The van der Waals surface area contributed by atoms with Gasteiger partial charge in [0.1, 0.15) is 5.75 Å². The molecule has 2 heterocycles. The Balaban J connectivity index is 1.52. The van der Waals surface area contributed by atoms with Gasteiger partial charge in [0.05, 0.1) is 29.1 Å². The molecule has 186 valence electrons. The summed E-state index contributed by atoms with van der Waals surface area (Å²) in [6.07, 6.45) is 4.96. The molecule has 1 aliphatic heterocycles. The number of hydrogen-bond acceptors (Lipinski definition) is 8. The van der Waals surface area contributed by atoms with E-state index in [0.717, 1.165) is 27.5 Å². The number of nitrogens with zero attached hydrogens (tertiary/aromatic N) is 2. The van der Waals surface area contributed by atoms with Crippen LogP contribution < -0.4 is 15.4 Å². The number of rotatable bonds is 8. The molecular formula is C25H30N4O4S2. The number of benzene rings is 1. The van der Waals surface area contributed by atoms with Crippen LogP contribution in [0.3, 0.4) is 0 Å². The highest BCUT2D eigenvalue weighted by atomic mass is 32.2. The minimum Gasteiger partial charge on any atom is -0.496 e. The first-order chi connectivity index (χ1) is 16.8. The van der Waals surface area contributed by atoms with E-state index in [9.17, 15) is 14.4 Å². The first-order valence-electron chi connectivity index (χ1n) is 11.6. The summed E-state index contributed by atoms with van der Waals surface area (Å²) in [6.45, 7) is 8.98. The van der Waals surface area contributed by atoms with Crippen molar-refractivity contribution in [2.24, 2.45) is 11.8 Å². The molecule has 1 aromatic heterocycles. The number of carbonyl (C=O) groups excluding carboxylic acids is 3. The van der Waals surface area contributed by atoms with Crippen molar-refractivity contribution in [2.45, 2.75) is 41.8 Å².